The first kappa shape index (κ1) is 13.0. The van der Waals surface area contributed by atoms with Crippen LogP contribution in [0, 0.1) is 0 Å². The number of fused-ring (bicyclic) bond motifs is 1. The van der Waals surface area contributed by atoms with Gasteiger partial charge in [0.2, 0.25) is 0 Å². The van der Waals surface area contributed by atoms with E-state index in [1.807, 2.05) is 6.07 Å². The van der Waals surface area contributed by atoms with Gasteiger partial charge >= 0.3 is 0 Å². The third kappa shape index (κ3) is 2.00. The molecule has 0 unspecified atom stereocenters. The van der Waals surface area contributed by atoms with Crippen molar-refractivity contribution in [3.05, 3.63) is 54.1 Å². The third-order valence-corrected chi connectivity index (χ3v) is 5.79. The topological polar surface area (TPSA) is 38.9 Å². The molecule has 3 heteroatoms. The molecular weight excluding hydrogens is 276 g/mol. The highest BCUT2D eigenvalue weighted by atomic mass is 32.1. The van der Waals surface area contributed by atoms with Crippen LogP contribution in [0.25, 0.3) is 20.8 Å². The van der Waals surface area contributed by atoms with Gasteiger partial charge in [0.15, 0.2) is 0 Å². The van der Waals surface area contributed by atoms with Crippen LogP contribution in [0.15, 0.2) is 48.5 Å². The number of nitrogens with two attached hydrogens (primary N) is 1. The zero-order valence-corrected chi connectivity index (χ0v) is 12.7. The second kappa shape index (κ2) is 4.93. The standard InChI is InChI=1S/C18H18N2S/c19-12-18(10-5-11-18)14-7-2-1-6-13(14)17-20-15-8-3-4-9-16(15)21-17/h1-4,6-9H,5,10-12,19H2. The maximum absolute atomic E-state index is 6.11. The molecule has 0 spiro atoms. The summed E-state index contributed by atoms with van der Waals surface area (Å²) in [6.07, 6.45) is 3.68. The summed E-state index contributed by atoms with van der Waals surface area (Å²) in [4.78, 5) is 4.83. The maximum atomic E-state index is 6.11. The molecule has 1 heterocycles. The Hall–Kier alpha value is -1.71. The normalized spacial score (nSPS) is 16.8. The predicted octanol–water partition coefficient (Wildman–Crippen LogP) is 4.34. The number of rotatable bonds is 3. The molecule has 2 nitrogen and oxygen atoms in total. The van der Waals surface area contributed by atoms with Crippen molar-refractivity contribution >= 4 is 21.6 Å². The van der Waals surface area contributed by atoms with Crippen LogP contribution in [0.2, 0.25) is 0 Å². The van der Waals surface area contributed by atoms with Crippen molar-refractivity contribution in [2.24, 2.45) is 5.73 Å². The van der Waals surface area contributed by atoms with Crippen molar-refractivity contribution < 1.29 is 0 Å². The van der Waals surface area contributed by atoms with Crippen LogP contribution in [-0.2, 0) is 5.41 Å². The van der Waals surface area contributed by atoms with Gasteiger partial charge in [-0.05, 0) is 30.5 Å². The minimum absolute atomic E-state index is 0.175. The highest BCUT2D eigenvalue weighted by Crippen LogP contribution is 2.47. The van der Waals surface area contributed by atoms with E-state index in [1.165, 1.54) is 35.1 Å². The number of benzene rings is 2. The highest BCUT2D eigenvalue weighted by Gasteiger charge is 2.39. The lowest BCUT2D eigenvalue weighted by atomic mass is 9.63. The molecule has 0 bridgehead atoms. The van der Waals surface area contributed by atoms with E-state index in [1.54, 1.807) is 11.3 Å². The smallest absolute Gasteiger partial charge is 0.124 e. The zero-order chi connectivity index (χ0) is 14.3. The molecule has 4 rings (SSSR count). The molecule has 2 aromatic carbocycles. The molecule has 1 aliphatic carbocycles. The summed E-state index contributed by atoms with van der Waals surface area (Å²) in [6.45, 7) is 0.731. The fourth-order valence-electron chi connectivity index (χ4n) is 3.31. The molecule has 106 valence electrons. The molecule has 1 aliphatic rings. The van der Waals surface area contributed by atoms with Crippen molar-refractivity contribution in [2.45, 2.75) is 24.7 Å². The highest BCUT2D eigenvalue weighted by molar-refractivity contribution is 7.21. The summed E-state index contributed by atoms with van der Waals surface area (Å²) in [5.74, 6) is 0. The van der Waals surface area contributed by atoms with Crippen LogP contribution >= 0.6 is 11.3 Å². The fourth-order valence-corrected chi connectivity index (χ4v) is 4.31. The molecule has 3 aromatic rings. The zero-order valence-electron chi connectivity index (χ0n) is 11.9. The lowest BCUT2D eigenvalue weighted by Crippen LogP contribution is -2.41. The van der Waals surface area contributed by atoms with Gasteiger partial charge in [-0.3, -0.25) is 0 Å². The average molecular weight is 294 g/mol. The second-order valence-corrected chi connectivity index (χ2v) is 6.90. The lowest BCUT2D eigenvalue weighted by molar-refractivity contribution is 0.254. The summed E-state index contributed by atoms with van der Waals surface area (Å²) in [7, 11) is 0. The Morgan fingerprint density at radius 3 is 2.52 bits per heavy atom. The largest absolute Gasteiger partial charge is 0.330 e. The Morgan fingerprint density at radius 1 is 1.05 bits per heavy atom. The van der Waals surface area contributed by atoms with Crippen LogP contribution < -0.4 is 5.73 Å². The van der Waals surface area contributed by atoms with Crippen molar-refractivity contribution in [2.75, 3.05) is 6.54 Å². The van der Waals surface area contributed by atoms with Gasteiger partial charge in [0.05, 0.1) is 10.2 Å². The molecule has 2 N–H and O–H groups in total. The van der Waals surface area contributed by atoms with E-state index < -0.39 is 0 Å². The van der Waals surface area contributed by atoms with Crippen LogP contribution in [-0.4, -0.2) is 11.5 Å². The molecular formula is C18H18N2S. The Balaban J connectivity index is 1.88. The quantitative estimate of drug-likeness (QED) is 0.780. The Kier molecular flexibility index (Phi) is 3.05. The van der Waals surface area contributed by atoms with Crippen LogP contribution in [0.1, 0.15) is 24.8 Å². The van der Waals surface area contributed by atoms with Gasteiger partial charge in [-0.1, -0.05) is 42.8 Å². The van der Waals surface area contributed by atoms with E-state index in [-0.39, 0.29) is 5.41 Å². The molecule has 1 saturated carbocycles. The Morgan fingerprint density at radius 2 is 1.81 bits per heavy atom. The van der Waals surface area contributed by atoms with Gasteiger partial charge < -0.3 is 5.73 Å². The number of aromatic nitrogens is 1. The van der Waals surface area contributed by atoms with Crippen LogP contribution in [0.5, 0.6) is 0 Å². The first-order valence-electron chi connectivity index (χ1n) is 7.48. The summed E-state index contributed by atoms with van der Waals surface area (Å²) >= 11 is 1.77. The Bertz CT molecular complexity index is 748. The SMILES string of the molecule is NCC1(c2ccccc2-c2nc3ccccc3s2)CCC1. The van der Waals surface area contributed by atoms with Crippen molar-refractivity contribution in [3.8, 4) is 10.6 Å². The summed E-state index contributed by atoms with van der Waals surface area (Å²) < 4.78 is 1.25. The van der Waals surface area contributed by atoms with Crippen molar-refractivity contribution in [1.29, 1.82) is 0 Å². The van der Waals surface area contributed by atoms with Gasteiger partial charge in [0, 0.05) is 17.5 Å². The molecule has 21 heavy (non-hydrogen) atoms. The predicted molar refractivity (Wildman–Crippen MR) is 89.6 cm³/mol. The van der Waals surface area contributed by atoms with Gasteiger partial charge in [-0.25, -0.2) is 4.98 Å². The minimum atomic E-state index is 0.175. The van der Waals surface area contributed by atoms with E-state index in [0.717, 1.165) is 17.1 Å². The van der Waals surface area contributed by atoms with Gasteiger partial charge in [-0.15, -0.1) is 11.3 Å². The van der Waals surface area contributed by atoms with Crippen LogP contribution in [0.3, 0.4) is 0 Å². The van der Waals surface area contributed by atoms with E-state index >= 15 is 0 Å². The molecule has 0 atom stereocenters. The second-order valence-electron chi connectivity index (χ2n) is 5.87. The minimum Gasteiger partial charge on any atom is -0.330 e. The van der Waals surface area contributed by atoms with Crippen LogP contribution in [0.4, 0.5) is 0 Å². The van der Waals surface area contributed by atoms with E-state index in [4.69, 9.17) is 10.7 Å². The van der Waals surface area contributed by atoms with Gasteiger partial charge in [0.25, 0.3) is 0 Å². The number of hydrogen-bond donors (Lipinski definition) is 1. The molecule has 1 fully saturated rings. The number of nitrogens with zero attached hydrogens (tertiary/aromatic N) is 1. The number of hydrogen-bond acceptors (Lipinski definition) is 3. The summed E-state index contributed by atoms with van der Waals surface area (Å²) in [6, 6.07) is 17.0. The number of thiazole rings is 1. The first-order chi connectivity index (χ1) is 10.3. The Labute approximate surface area is 128 Å². The molecule has 1 aromatic heterocycles. The maximum Gasteiger partial charge on any atom is 0.124 e. The lowest BCUT2D eigenvalue weighted by Gasteiger charge is -2.42. The number of para-hydroxylation sites is 1. The molecule has 0 radical (unpaired) electrons. The molecule has 0 aliphatic heterocycles. The monoisotopic (exact) mass is 294 g/mol. The first-order valence-corrected chi connectivity index (χ1v) is 8.30. The van der Waals surface area contributed by atoms with Crippen molar-refractivity contribution in [3.63, 3.8) is 0 Å². The summed E-state index contributed by atoms with van der Waals surface area (Å²) in [5, 5.41) is 1.12. The average Bonchev–Trinajstić information content (AvgIpc) is 2.91. The molecule has 0 saturated heterocycles. The molecule has 0 amide bonds. The third-order valence-electron chi connectivity index (χ3n) is 4.72. The fraction of sp³-hybridized carbons (Fsp3) is 0.278. The van der Waals surface area contributed by atoms with Gasteiger partial charge in [0.1, 0.15) is 5.01 Å². The summed E-state index contributed by atoms with van der Waals surface area (Å²) in [5.41, 5.74) is 10.0. The van der Waals surface area contributed by atoms with Crippen molar-refractivity contribution in [1.82, 2.24) is 4.98 Å². The van der Waals surface area contributed by atoms with E-state index in [9.17, 15) is 0 Å². The van der Waals surface area contributed by atoms with E-state index in [2.05, 4.69) is 42.5 Å². The van der Waals surface area contributed by atoms with E-state index in [0.29, 0.717) is 0 Å². The van der Waals surface area contributed by atoms with Gasteiger partial charge in [-0.2, -0.15) is 0 Å².